The van der Waals surface area contributed by atoms with Gasteiger partial charge in [-0.05, 0) is 54.3 Å². The van der Waals surface area contributed by atoms with Gasteiger partial charge in [0.05, 0.1) is 20.3 Å². The minimum absolute atomic E-state index is 0.207. The summed E-state index contributed by atoms with van der Waals surface area (Å²) < 4.78 is 22.2. The Kier molecular flexibility index (Phi) is 8.62. The normalized spacial score (nSPS) is 12.5. The van der Waals surface area contributed by atoms with Gasteiger partial charge in [-0.25, -0.2) is 4.85 Å². The Morgan fingerprint density at radius 1 is 1.00 bits per heavy atom. The molecule has 0 saturated carbocycles. The van der Waals surface area contributed by atoms with E-state index in [-0.39, 0.29) is 13.4 Å². The van der Waals surface area contributed by atoms with Crippen LogP contribution in [0.25, 0.3) is 16.6 Å². The Bertz CT molecular complexity index is 932. The number of rotatable bonds is 12. The predicted molar refractivity (Wildman–Crippen MR) is 120 cm³/mol. The van der Waals surface area contributed by atoms with E-state index in [4.69, 9.17) is 30.6 Å². The van der Waals surface area contributed by atoms with Crippen molar-refractivity contribution in [3.05, 3.63) is 58.9 Å². The maximum absolute atomic E-state index is 8.80. The van der Waals surface area contributed by atoms with Gasteiger partial charge in [-0.1, -0.05) is 37.8 Å². The molecule has 0 bridgehead atoms. The summed E-state index contributed by atoms with van der Waals surface area (Å²) in [5.74, 6) is 2.70. The maximum atomic E-state index is 8.80. The zero-order valence-electron chi connectivity index (χ0n) is 17.9. The first-order chi connectivity index (χ1) is 15.2. The standard InChI is InChI=1S/C25H29NO5/c1-26-21(20-10-12-23-25(17-20)31-18-30-23)15-19-9-11-22(24(16-19)28-2)29-14-8-6-4-3-5-7-13-27/h9-12,15-17,27H,3-8,13-14,18H2,2H3/b21-15-. The van der Waals surface area contributed by atoms with Crippen LogP contribution in [0, 0.1) is 6.57 Å². The van der Waals surface area contributed by atoms with Crippen LogP contribution in [-0.4, -0.2) is 32.2 Å². The van der Waals surface area contributed by atoms with Crippen LogP contribution in [0.1, 0.15) is 49.7 Å². The predicted octanol–water partition coefficient (Wildman–Crippen LogP) is 5.55. The van der Waals surface area contributed by atoms with Gasteiger partial charge in [0.25, 0.3) is 0 Å². The number of ether oxygens (including phenoxy) is 4. The first-order valence-corrected chi connectivity index (χ1v) is 10.7. The number of aliphatic hydroxyl groups is 1. The molecule has 0 aromatic heterocycles. The lowest BCUT2D eigenvalue weighted by Crippen LogP contribution is -1.99. The summed E-state index contributed by atoms with van der Waals surface area (Å²) in [5, 5.41) is 8.80. The second-order valence-electron chi connectivity index (χ2n) is 7.31. The van der Waals surface area contributed by atoms with Gasteiger partial charge in [0, 0.05) is 6.61 Å². The van der Waals surface area contributed by atoms with E-state index in [2.05, 4.69) is 4.85 Å². The SMILES string of the molecule is [C-]#[N+]/C(=C\c1ccc(OCCCCCCCCO)c(OC)c1)c1ccc2c(c1)OCO2. The van der Waals surface area contributed by atoms with Crippen molar-refractivity contribution in [3.8, 4) is 23.0 Å². The van der Waals surface area contributed by atoms with Gasteiger partial charge in [0.1, 0.15) is 0 Å². The fourth-order valence-corrected chi connectivity index (χ4v) is 3.39. The molecule has 164 valence electrons. The first-order valence-electron chi connectivity index (χ1n) is 10.7. The Morgan fingerprint density at radius 3 is 2.55 bits per heavy atom. The van der Waals surface area contributed by atoms with Crippen LogP contribution in [-0.2, 0) is 0 Å². The minimum atomic E-state index is 0.207. The Labute approximate surface area is 183 Å². The van der Waals surface area contributed by atoms with Crippen molar-refractivity contribution in [2.45, 2.75) is 38.5 Å². The highest BCUT2D eigenvalue weighted by Gasteiger charge is 2.15. The molecule has 0 aliphatic carbocycles. The van der Waals surface area contributed by atoms with Crippen LogP contribution in [0.15, 0.2) is 36.4 Å². The quantitative estimate of drug-likeness (QED) is 0.275. The van der Waals surface area contributed by atoms with Crippen LogP contribution in [0.3, 0.4) is 0 Å². The van der Waals surface area contributed by atoms with Gasteiger partial charge in [-0.15, -0.1) is 0 Å². The Hall–Kier alpha value is -3.17. The molecule has 0 radical (unpaired) electrons. The summed E-state index contributed by atoms with van der Waals surface area (Å²) in [6, 6.07) is 11.2. The van der Waals surface area contributed by atoms with Crippen molar-refractivity contribution in [2.75, 3.05) is 27.1 Å². The number of nitrogens with zero attached hydrogens (tertiary/aromatic N) is 1. The number of methoxy groups -OCH3 is 1. The largest absolute Gasteiger partial charge is 0.493 e. The third kappa shape index (κ3) is 6.40. The second kappa shape index (κ2) is 11.9. The van der Waals surface area contributed by atoms with Crippen LogP contribution < -0.4 is 18.9 Å². The molecular formula is C25H29NO5. The number of hydrogen-bond donors (Lipinski definition) is 1. The van der Waals surface area contributed by atoms with E-state index in [1.807, 2.05) is 42.5 Å². The molecule has 0 fully saturated rings. The van der Waals surface area contributed by atoms with E-state index in [0.717, 1.165) is 49.7 Å². The molecule has 6 heteroatoms. The third-order valence-electron chi connectivity index (χ3n) is 5.09. The van der Waals surface area contributed by atoms with Crippen molar-refractivity contribution < 1.29 is 24.1 Å². The van der Waals surface area contributed by atoms with Gasteiger partial charge in [0.15, 0.2) is 28.7 Å². The summed E-state index contributed by atoms with van der Waals surface area (Å²) in [7, 11) is 1.62. The van der Waals surface area contributed by atoms with Gasteiger partial charge < -0.3 is 24.1 Å². The summed E-state index contributed by atoms with van der Waals surface area (Å²) in [6.07, 6.45) is 8.19. The summed E-state index contributed by atoms with van der Waals surface area (Å²) in [5.41, 5.74) is 2.14. The Balaban J connectivity index is 1.60. The lowest BCUT2D eigenvalue weighted by molar-refractivity contribution is 0.174. The second-order valence-corrected chi connectivity index (χ2v) is 7.31. The van der Waals surface area contributed by atoms with Crippen LogP contribution in [0.2, 0.25) is 0 Å². The molecule has 0 spiro atoms. The molecule has 0 saturated heterocycles. The molecule has 1 aliphatic rings. The molecule has 0 unspecified atom stereocenters. The third-order valence-corrected chi connectivity index (χ3v) is 5.09. The van der Waals surface area contributed by atoms with Gasteiger partial charge in [0.2, 0.25) is 6.79 Å². The van der Waals surface area contributed by atoms with Gasteiger partial charge in [-0.3, -0.25) is 0 Å². The lowest BCUT2D eigenvalue weighted by Gasteiger charge is -2.11. The smallest absolute Gasteiger partial charge is 0.231 e. The average Bonchev–Trinajstić information content (AvgIpc) is 3.27. The molecule has 3 rings (SSSR count). The molecule has 0 atom stereocenters. The van der Waals surface area contributed by atoms with E-state index in [0.29, 0.717) is 35.3 Å². The van der Waals surface area contributed by atoms with Crippen molar-refractivity contribution in [1.82, 2.24) is 0 Å². The van der Waals surface area contributed by atoms with Crippen LogP contribution in [0.4, 0.5) is 0 Å². The van der Waals surface area contributed by atoms with Crippen molar-refractivity contribution in [2.24, 2.45) is 0 Å². The molecule has 1 heterocycles. The molecule has 6 nitrogen and oxygen atoms in total. The van der Waals surface area contributed by atoms with Crippen LogP contribution in [0.5, 0.6) is 23.0 Å². The van der Waals surface area contributed by atoms with Gasteiger partial charge >= 0.3 is 0 Å². The fourth-order valence-electron chi connectivity index (χ4n) is 3.39. The molecule has 1 aliphatic heterocycles. The highest BCUT2D eigenvalue weighted by Crippen LogP contribution is 2.36. The van der Waals surface area contributed by atoms with Crippen LogP contribution >= 0.6 is 0 Å². The monoisotopic (exact) mass is 423 g/mol. The number of hydrogen-bond acceptors (Lipinski definition) is 5. The Morgan fingerprint density at radius 2 is 1.77 bits per heavy atom. The highest BCUT2D eigenvalue weighted by molar-refractivity contribution is 5.86. The molecule has 1 N–H and O–H groups in total. The van der Waals surface area contributed by atoms with E-state index in [1.54, 1.807) is 7.11 Å². The average molecular weight is 424 g/mol. The van der Waals surface area contributed by atoms with Gasteiger partial charge in [-0.2, -0.15) is 0 Å². The molecule has 2 aromatic rings. The molecule has 0 amide bonds. The molecule has 2 aromatic carbocycles. The fraction of sp³-hybridized carbons (Fsp3) is 0.400. The maximum Gasteiger partial charge on any atom is 0.231 e. The molecular weight excluding hydrogens is 394 g/mol. The topological polar surface area (TPSA) is 61.5 Å². The van der Waals surface area contributed by atoms with E-state index >= 15 is 0 Å². The molecule has 31 heavy (non-hydrogen) atoms. The number of unbranched alkanes of at least 4 members (excludes halogenated alkanes) is 5. The zero-order chi connectivity index (χ0) is 21.9. The number of fused-ring (bicyclic) bond motifs is 1. The van der Waals surface area contributed by atoms with E-state index < -0.39 is 0 Å². The highest BCUT2D eigenvalue weighted by atomic mass is 16.7. The summed E-state index contributed by atoms with van der Waals surface area (Å²) >= 11 is 0. The van der Waals surface area contributed by atoms with Crippen molar-refractivity contribution in [3.63, 3.8) is 0 Å². The van der Waals surface area contributed by atoms with E-state index in [1.165, 1.54) is 0 Å². The summed E-state index contributed by atoms with van der Waals surface area (Å²) in [6.45, 7) is 8.71. The van der Waals surface area contributed by atoms with Crippen molar-refractivity contribution in [1.29, 1.82) is 0 Å². The number of aliphatic hydroxyl groups excluding tert-OH is 1. The summed E-state index contributed by atoms with van der Waals surface area (Å²) in [4.78, 5) is 3.68. The zero-order valence-corrected chi connectivity index (χ0v) is 17.9. The van der Waals surface area contributed by atoms with Crippen molar-refractivity contribution >= 4 is 11.8 Å². The lowest BCUT2D eigenvalue weighted by atomic mass is 10.1. The minimum Gasteiger partial charge on any atom is -0.493 e. The number of benzene rings is 2. The van der Waals surface area contributed by atoms with E-state index in [9.17, 15) is 0 Å². The first kappa shape index (κ1) is 22.5.